The molecular weight excluding hydrogens is 232 g/mol. The molecule has 0 aliphatic rings. The Bertz CT molecular complexity index is 597. The summed E-state index contributed by atoms with van der Waals surface area (Å²) in [6.07, 6.45) is 1.51. The first kappa shape index (κ1) is 11.9. The molecular formula is C13H12N2O3. The number of benzene rings is 1. The van der Waals surface area contributed by atoms with Gasteiger partial charge in [0.2, 0.25) is 5.88 Å². The Morgan fingerprint density at radius 2 is 2.06 bits per heavy atom. The van der Waals surface area contributed by atoms with Gasteiger partial charge in [-0.15, -0.1) is 0 Å². The number of hydrogen-bond acceptors (Lipinski definition) is 4. The predicted octanol–water partition coefficient (Wildman–Crippen LogP) is 1.99. The highest BCUT2D eigenvalue weighted by molar-refractivity contribution is 5.96. The number of carbonyl (C=O) groups excluding carboxylic acids is 1. The molecule has 2 rings (SSSR count). The number of aryl methyl sites for hydroxylation is 1. The normalized spacial score (nSPS) is 10.1. The molecule has 0 saturated heterocycles. The van der Waals surface area contributed by atoms with Gasteiger partial charge in [-0.05, 0) is 30.7 Å². The zero-order chi connectivity index (χ0) is 13.1. The van der Waals surface area contributed by atoms with Gasteiger partial charge in [-0.3, -0.25) is 4.79 Å². The van der Waals surface area contributed by atoms with Crippen LogP contribution in [0.3, 0.4) is 0 Å². The van der Waals surface area contributed by atoms with Crippen molar-refractivity contribution in [2.75, 3.05) is 0 Å². The fourth-order valence-corrected chi connectivity index (χ4v) is 1.56. The van der Waals surface area contributed by atoms with Crippen LogP contribution in [0.5, 0.6) is 17.4 Å². The van der Waals surface area contributed by atoms with E-state index in [9.17, 15) is 9.90 Å². The number of hydrogen-bond donors (Lipinski definition) is 2. The Morgan fingerprint density at radius 1 is 1.33 bits per heavy atom. The van der Waals surface area contributed by atoms with Crippen molar-refractivity contribution in [3.8, 4) is 17.4 Å². The average molecular weight is 244 g/mol. The van der Waals surface area contributed by atoms with Crippen molar-refractivity contribution < 1.29 is 14.6 Å². The van der Waals surface area contributed by atoms with Gasteiger partial charge in [0, 0.05) is 6.20 Å². The van der Waals surface area contributed by atoms with Gasteiger partial charge in [0.1, 0.15) is 5.56 Å². The number of rotatable bonds is 3. The fraction of sp³-hybridized carbons (Fsp3) is 0.0769. The first-order chi connectivity index (χ1) is 8.59. The number of phenolic OH excluding ortho intramolecular Hbond substituents is 1. The molecule has 0 aliphatic carbocycles. The molecule has 0 unspecified atom stereocenters. The van der Waals surface area contributed by atoms with Crippen LogP contribution in [0.4, 0.5) is 0 Å². The molecule has 3 N–H and O–H groups in total. The third-order valence-electron chi connectivity index (χ3n) is 2.44. The summed E-state index contributed by atoms with van der Waals surface area (Å²) in [5.74, 6) is -0.343. The number of primary amides is 1. The molecule has 0 bridgehead atoms. The van der Waals surface area contributed by atoms with Gasteiger partial charge < -0.3 is 15.6 Å². The van der Waals surface area contributed by atoms with Crippen LogP contribution in [0, 0.1) is 6.92 Å². The summed E-state index contributed by atoms with van der Waals surface area (Å²) in [4.78, 5) is 15.3. The van der Waals surface area contributed by atoms with E-state index in [2.05, 4.69) is 4.98 Å². The molecule has 92 valence electrons. The topological polar surface area (TPSA) is 85.4 Å². The molecule has 5 heteroatoms. The minimum Gasteiger partial charge on any atom is -0.504 e. The maximum Gasteiger partial charge on any atom is 0.254 e. The SMILES string of the molecule is Cc1ccnc(Oc2ccccc2O)c1C(N)=O. The quantitative estimate of drug-likeness (QED) is 0.864. The number of nitrogens with two attached hydrogens (primary N) is 1. The molecule has 1 aromatic heterocycles. The average Bonchev–Trinajstić information content (AvgIpc) is 2.31. The molecule has 0 saturated carbocycles. The molecule has 5 nitrogen and oxygen atoms in total. The van der Waals surface area contributed by atoms with E-state index in [0.29, 0.717) is 5.56 Å². The lowest BCUT2D eigenvalue weighted by Crippen LogP contribution is -2.14. The highest BCUT2D eigenvalue weighted by Gasteiger charge is 2.15. The molecule has 0 spiro atoms. The minimum atomic E-state index is -0.619. The number of phenols is 1. The van der Waals surface area contributed by atoms with E-state index < -0.39 is 5.91 Å². The van der Waals surface area contributed by atoms with E-state index in [4.69, 9.17) is 10.5 Å². The lowest BCUT2D eigenvalue weighted by molar-refractivity contribution is 0.0996. The van der Waals surface area contributed by atoms with Gasteiger partial charge in [-0.25, -0.2) is 4.98 Å². The maximum atomic E-state index is 11.4. The number of nitrogens with zero attached hydrogens (tertiary/aromatic N) is 1. The monoisotopic (exact) mass is 244 g/mol. The Labute approximate surface area is 104 Å². The standard InChI is InChI=1S/C13H12N2O3/c1-8-6-7-15-13(11(8)12(14)17)18-10-5-3-2-4-9(10)16/h2-7,16H,1H3,(H2,14,17). The summed E-state index contributed by atoms with van der Waals surface area (Å²) >= 11 is 0. The van der Waals surface area contributed by atoms with Crippen LogP contribution < -0.4 is 10.5 Å². The first-order valence-corrected chi connectivity index (χ1v) is 5.31. The predicted molar refractivity (Wildman–Crippen MR) is 65.7 cm³/mol. The summed E-state index contributed by atoms with van der Waals surface area (Å²) in [5.41, 5.74) is 6.16. The van der Waals surface area contributed by atoms with Crippen LogP contribution in [0.2, 0.25) is 0 Å². The van der Waals surface area contributed by atoms with Crippen LogP contribution in [-0.4, -0.2) is 16.0 Å². The second-order valence-electron chi connectivity index (χ2n) is 3.74. The van der Waals surface area contributed by atoms with Crippen LogP contribution >= 0.6 is 0 Å². The molecule has 2 aromatic rings. The number of pyridine rings is 1. The molecule has 0 atom stereocenters. The van der Waals surface area contributed by atoms with Crippen molar-refractivity contribution in [2.24, 2.45) is 5.73 Å². The molecule has 0 aliphatic heterocycles. The second-order valence-corrected chi connectivity index (χ2v) is 3.74. The van der Waals surface area contributed by atoms with E-state index in [1.54, 1.807) is 31.2 Å². The van der Waals surface area contributed by atoms with E-state index in [1.807, 2.05) is 0 Å². The van der Waals surface area contributed by atoms with Gasteiger partial charge in [0.05, 0.1) is 0 Å². The molecule has 0 radical (unpaired) electrons. The Morgan fingerprint density at radius 3 is 2.72 bits per heavy atom. The van der Waals surface area contributed by atoms with E-state index in [0.717, 1.165) is 0 Å². The summed E-state index contributed by atoms with van der Waals surface area (Å²) in [5, 5.41) is 9.60. The summed E-state index contributed by atoms with van der Waals surface area (Å²) in [6.45, 7) is 1.74. The van der Waals surface area contributed by atoms with Crippen molar-refractivity contribution in [1.29, 1.82) is 0 Å². The van der Waals surface area contributed by atoms with Crippen molar-refractivity contribution in [1.82, 2.24) is 4.98 Å². The molecule has 18 heavy (non-hydrogen) atoms. The van der Waals surface area contributed by atoms with Gasteiger partial charge >= 0.3 is 0 Å². The number of aromatic nitrogens is 1. The minimum absolute atomic E-state index is 0.0313. The van der Waals surface area contributed by atoms with Crippen LogP contribution in [0.25, 0.3) is 0 Å². The first-order valence-electron chi connectivity index (χ1n) is 5.31. The van der Waals surface area contributed by atoms with Crippen molar-refractivity contribution in [3.63, 3.8) is 0 Å². The number of carbonyl (C=O) groups is 1. The van der Waals surface area contributed by atoms with E-state index >= 15 is 0 Å². The number of aromatic hydroxyl groups is 1. The van der Waals surface area contributed by atoms with E-state index in [-0.39, 0.29) is 22.9 Å². The zero-order valence-corrected chi connectivity index (χ0v) is 9.75. The zero-order valence-electron chi connectivity index (χ0n) is 9.75. The third kappa shape index (κ3) is 2.24. The molecule has 0 fully saturated rings. The van der Waals surface area contributed by atoms with Crippen molar-refractivity contribution in [2.45, 2.75) is 6.92 Å². The Kier molecular flexibility index (Phi) is 3.14. The summed E-state index contributed by atoms with van der Waals surface area (Å²) < 4.78 is 5.42. The largest absolute Gasteiger partial charge is 0.504 e. The highest BCUT2D eigenvalue weighted by atomic mass is 16.5. The van der Waals surface area contributed by atoms with Crippen LogP contribution in [0.15, 0.2) is 36.5 Å². The van der Waals surface area contributed by atoms with Crippen molar-refractivity contribution in [3.05, 3.63) is 47.7 Å². The second kappa shape index (κ2) is 4.75. The molecule has 1 aromatic carbocycles. The number of amides is 1. The summed E-state index contributed by atoms with van der Waals surface area (Å²) in [7, 11) is 0. The van der Waals surface area contributed by atoms with Crippen LogP contribution in [-0.2, 0) is 0 Å². The Balaban J connectivity index is 2.44. The molecule has 1 heterocycles. The van der Waals surface area contributed by atoms with Crippen LogP contribution in [0.1, 0.15) is 15.9 Å². The summed E-state index contributed by atoms with van der Waals surface area (Å²) in [6, 6.07) is 8.09. The fourth-order valence-electron chi connectivity index (χ4n) is 1.56. The third-order valence-corrected chi connectivity index (χ3v) is 2.44. The van der Waals surface area contributed by atoms with Gasteiger partial charge in [-0.1, -0.05) is 12.1 Å². The Hall–Kier alpha value is -2.56. The number of ether oxygens (including phenoxy) is 1. The van der Waals surface area contributed by atoms with E-state index in [1.165, 1.54) is 12.3 Å². The van der Waals surface area contributed by atoms with Gasteiger partial charge in [-0.2, -0.15) is 0 Å². The highest BCUT2D eigenvalue weighted by Crippen LogP contribution is 2.31. The van der Waals surface area contributed by atoms with Crippen molar-refractivity contribution >= 4 is 5.91 Å². The van der Waals surface area contributed by atoms with Gasteiger partial charge in [0.25, 0.3) is 5.91 Å². The molecule has 1 amide bonds. The maximum absolute atomic E-state index is 11.4. The lowest BCUT2D eigenvalue weighted by Gasteiger charge is -2.10. The smallest absolute Gasteiger partial charge is 0.254 e. The number of para-hydroxylation sites is 2. The lowest BCUT2D eigenvalue weighted by atomic mass is 10.1. The van der Waals surface area contributed by atoms with Gasteiger partial charge in [0.15, 0.2) is 11.5 Å².